The number of rotatable bonds is 4. The predicted molar refractivity (Wildman–Crippen MR) is 78.9 cm³/mol. The van der Waals surface area contributed by atoms with Crippen molar-refractivity contribution in [3.8, 4) is 0 Å². The second-order valence-electron chi connectivity index (χ2n) is 4.40. The number of carbonyl (C=O) groups is 2. The Morgan fingerprint density at radius 2 is 2.10 bits per heavy atom. The molecule has 0 radical (unpaired) electrons. The average Bonchev–Trinajstić information content (AvgIpc) is 2.97. The van der Waals surface area contributed by atoms with Gasteiger partial charge in [0.05, 0.1) is 12.2 Å². The fourth-order valence-corrected chi connectivity index (χ4v) is 2.87. The van der Waals surface area contributed by atoms with Crippen LogP contribution in [0, 0.1) is 0 Å². The average molecular weight is 292 g/mol. The molecule has 106 valence electrons. The van der Waals surface area contributed by atoms with Gasteiger partial charge in [-0.3, -0.25) is 14.6 Å². The van der Waals surface area contributed by atoms with Gasteiger partial charge in [-0.2, -0.15) is 0 Å². The summed E-state index contributed by atoms with van der Waals surface area (Å²) in [7, 11) is 2.89. The van der Waals surface area contributed by atoms with Crippen LogP contribution in [-0.2, 0) is 14.3 Å². The van der Waals surface area contributed by atoms with Crippen molar-refractivity contribution >= 4 is 28.7 Å². The summed E-state index contributed by atoms with van der Waals surface area (Å²) in [4.78, 5) is 29.1. The third-order valence-corrected chi connectivity index (χ3v) is 4.02. The number of methoxy groups -OCH3 is 1. The molecular formula is C14H16N2O3S. The number of esters is 1. The lowest BCUT2D eigenvalue weighted by Crippen LogP contribution is -2.39. The van der Waals surface area contributed by atoms with Crippen LogP contribution in [0.2, 0.25) is 0 Å². The highest BCUT2D eigenvalue weighted by molar-refractivity contribution is 8.14. The highest BCUT2D eigenvalue weighted by Gasteiger charge is 2.28. The fraction of sp³-hybridized carbons (Fsp3) is 0.357. The van der Waals surface area contributed by atoms with Crippen LogP contribution >= 0.6 is 11.8 Å². The maximum atomic E-state index is 12.2. The molecule has 1 heterocycles. The molecule has 1 aromatic carbocycles. The van der Waals surface area contributed by atoms with Gasteiger partial charge in [-0.05, 0) is 0 Å². The topological polar surface area (TPSA) is 59.0 Å². The quantitative estimate of drug-likeness (QED) is 0.782. The predicted octanol–water partition coefficient (Wildman–Crippen LogP) is 1.18. The first kappa shape index (κ1) is 14.6. The summed E-state index contributed by atoms with van der Waals surface area (Å²) in [6.45, 7) is -0.0489. The van der Waals surface area contributed by atoms with Crippen LogP contribution in [0.3, 0.4) is 0 Å². The number of likely N-dealkylation sites (N-methyl/N-ethyl adjacent to an activating group) is 1. The maximum Gasteiger partial charge on any atom is 0.325 e. The second-order valence-corrected chi connectivity index (χ2v) is 5.41. The maximum absolute atomic E-state index is 12.2. The van der Waals surface area contributed by atoms with Crippen molar-refractivity contribution in [2.45, 2.75) is 6.04 Å². The SMILES string of the molecule is COC(=O)CN(C)C(=O)C1CSC(c2ccccc2)=N1. The van der Waals surface area contributed by atoms with Gasteiger partial charge in [0.1, 0.15) is 12.6 Å². The zero-order valence-electron chi connectivity index (χ0n) is 11.4. The third kappa shape index (κ3) is 3.39. The van der Waals surface area contributed by atoms with Crippen molar-refractivity contribution in [3.63, 3.8) is 0 Å². The molecule has 0 saturated heterocycles. The Morgan fingerprint density at radius 3 is 2.75 bits per heavy atom. The van der Waals surface area contributed by atoms with Crippen molar-refractivity contribution in [2.24, 2.45) is 4.99 Å². The number of benzene rings is 1. The molecular weight excluding hydrogens is 276 g/mol. The molecule has 5 nitrogen and oxygen atoms in total. The Hall–Kier alpha value is -1.82. The van der Waals surface area contributed by atoms with E-state index < -0.39 is 12.0 Å². The molecule has 0 spiro atoms. The summed E-state index contributed by atoms with van der Waals surface area (Å²) in [5.41, 5.74) is 1.02. The minimum atomic E-state index is -0.432. The first-order valence-electron chi connectivity index (χ1n) is 6.19. The monoisotopic (exact) mass is 292 g/mol. The minimum absolute atomic E-state index is 0.0489. The van der Waals surface area contributed by atoms with E-state index in [1.54, 1.807) is 18.8 Å². The number of thioether (sulfide) groups is 1. The minimum Gasteiger partial charge on any atom is -0.468 e. The largest absolute Gasteiger partial charge is 0.468 e. The van der Waals surface area contributed by atoms with Gasteiger partial charge in [-0.25, -0.2) is 0 Å². The Bertz CT molecular complexity index is 530. The van der Waals surface area contributed by atoms with E-state index in [4.69, 9.17) is 0 Å². The van der Waals surface area contributed by atoms with Crippen molar-refractivity contribution in [3.05, 3.63) is 35.9 Å². The van der Waals surface area contributed by atoms with Gasteiger partial charge in [0.2, 0.25) is 5.91 Å². The van der Waals surface area contributed by atoms with Crippen molar-refractivity contribution in [1.29, 1.82) is 0 Å². The van der Waals surface area contributed by atoms with Crippen molar-refractivity contribution < 1.29 is 14.3 Å². The van der Waals surface area contributed by atoms with Crippen LogP contribution in [0.5, 0.6) is 0 Å². The summed E-state index contributed by atoms with van der Waals surface area (Å²) in [6.07, 6.45) is 0. The van der Waals surface area contributed by atoms with Crippen molar-refractivity contribution in [2.75, 3.05) is 26.5 Å². The highest BCUT2D eigenvalue weighted by atomic mass is 32.2. The summed E-state index contributed by atoms with van der Waals surface area (Å²) >= 11 is 1.56. The molecule has 0 fully saturated rings. The van der Waals surface area contributed by atoms with Gasteiger partial charge >= 0.3 is 5.97 Å². The zero-order chi connectivity index (χ0) is 14.5. The molecule has 20 heavy (non-hydrogen) atoms. The summed E-state index contributed by atoms with van der Waals surface area (Å²) in [6, 6.07) is 9.34. The number of amides is 1. The molecule has 0 aromatic heterocycles. The number of hydrogen-bond donors (Lipinski definition) is 0. The molecule has 1 aromatic rings. The summed E-state index contributed by atoms with van der Waals surface area (Å²) in [5, 5.41) is 0.871. The molecule has 0 aliphatic carbocycles. The van der Waals surface area contributed by atoms with E-state index in [9.17, 15) is 9.59 Å². The molecule has 1 aliphatic heterocycles. The van der Waals surface area contributed by atoms with Crippen LogP contribution in [0.15, 0.2) is 35.3 Å². The number of aliphatic imine (C=N–C) groups is 1. The third-order valence-electron chi connectivity index (χ3n) is 2.93. The first-order valence-corrected chi connectivity index (χ1v) is 7.18. The molecule has 2 rings (SSSR count). The Labute approximate surface area is 122 Å². The lowest BCUT2D eigenvalue weighted by atomic mass is 10.2. The van der Waals surface area contributed by atoms with Gasteiger partial charge in [0.25, 0.3) is 0 Å². The van der Waals surface area contributed by atoms with Crippen LogP contribution in [0.25, 0.3) is 0 Å². The summed E-state index contributed by atoms with van der Waals surface area (Å²) in [5.74, 6) is 0.0155. The van der Waals surface area contributed by atoms with Crippen molar-refractivity contribution in [1.82, 2.24) is 4.90 Å². The van der Waals surface area contributed by atoms with Gasteiger partial charge < -0.3 is 9.64 Å². The lowest BCUT2D eigenvalue weighted by Gasteiger charge is -2.17. The van der Waals surface area contributed by atoms with Gasteiger partial charge in [-0.15, -0.1) is 11.8 Å². The standard InChI is InChI=1S/C14H16N2O3S/c1-16(8-12(17)19-2)14(18)11-9-20-13(15-11)10-6-4-3-5-7-10/h3-7,11H,8-9H2,1-2H3. The first-order chi connectivity index (χ1) is 9.61. The molecule has 1 unspecified atom stereocenters. The zero-order valence-corrected chi connectivity index (χ0v) is 12.2. The van der Waals surface area contributed by atoms with Gasteiger partial charge in [0, 0.05) is 18.4 Å². The number of carbonyl (C=O) groups excluding carboxylic acids is 2. The van der Waals surface area contributed by atoms with E-state index >= 15 is 0 Å². The molecule has 1 atom stereocenters. The van der Waals surface area contributed by atoms with Crippen LogP contribution in [-0.4, -0.2) is 54.3 Å². The molecule has 6 heteroatoms. The normalized spacial score (nSPS) is 17.5. The molecule has 0 bridgehead atoms. The summed E-state index contributed by atoms with van der Waals surface area (Å²) < 4.78 is 4.55. The van der Waals surface area contributed by atoms with E-state index in [-0.39, 0.29) is 12.5 Å². The molecule has 0 saturated carbocycles. The number of hydrogen-bond acceptors (Lipinski definition) is 5. The molecule has 1 amide bonds. The van der Waals surface area contributed by atoms with Gasteiger partial charge in [0.15, 0.2) is 0 Å². The fourth-order valence-electron chi connectivity index (χ4n) is 1.83. The smallest absolute Gasteiger partial charge is 0.325 e. The second kappa shape index (κ2) is 6.56. The highest BCUT2D eigenvalue weighted by Crippen LogP contribution is 2.24. The van der Waals surface area contributed by atoms with Crippen LogP contribution in [0.1, 0.15) is 5.56 Å². The van der Waals surface area contributed by atoms with Crippen LogP contribution in [0.4, 0.5) is 0 Å². The molecule has 0 N–H and O–H groups in total. The lowest BCUT2D eigenvalue weighted by molar-refractivity contribution is -0.146. The molecule has 1 aliphatic rings. The number of ether oxygens (including phenoxy) is 1. The number of nitrogens with zero attached hydrogens (tertiary/aromatic N) is 2. The Balaban J connectivity index is 2.03. The Kier molecular flexibility index (Phi) is 4.79. The van der Waals surface area contributed by atoms with Crippen LogP contribution < -0.4 is 0 Å². The Morgan fingerprint density at radius 1 is 1.40 bits per heavy atom. The van der Waals surface area contributed by atoms with E-state index in [2.05, 4.69) is 9.73 Å². The van der Waals surface area contributed by atoms with Gasteiger partial charge in [-0.1, -0.05) is 30.3 Å². The van der Waals surface area contributed by atoms with E-state index in [0.717, 1.165) is 10.6 Å². The van der Waals surface area contributed by atoms with E-state index in [0.29, 0.717) is 5.75 Å². The van der Waals surface area contributed by atoms with E-state index in [1.807, 2.05) is 30.3 Å². The van der Waals surface area contributed by atoms with E-state index in [1.165, 1.54) is 12.0 Å².